The van der Waals surface area contributed by atoms with Gasteiger partial charge in [-0.05, 0) is 36.6 Å². The third kappa shape index (κ3) is 3.11. The zero-order chi connectivity index (χ0) is 21.5. The van der Waals surface area contributed by atoms with E-state index in [0.29, 0.717) is 11.3 Å². The lowest BCUT2D eigenvalue weighted by atomic mass is 10.1. The van der Waals surface area contributed by atoms with E-state index in [9.17, 15) is 4.39 Å². The largest absolute Gasteiger partial charge is 0.348 e. The minimum Gasteiger partial charge on any atom is -0.348 e. The Bertz CT molecular complexity index is 1390. The highest BCUT2D eigenvalue weighted by Gasteiger charge is 2.30. The van der Waals surface area contributed by atoms with Crippen LogP contribution in [-0.4, -0.2) is 35.9 Å². The Morgan fingerprint density at radius 2 is 1.84 bits per heavy atom. The van der Waals surface area contributed by atoms with Crippen LogP contribution < -0.4 is 4.90 Å². The standard InChI is InChI=1S/C24H20FN7/c25-19-8-4-11-26-23(19)20-9-5-12-30(20)22-10-13-31-24(29-22)21(15-28-31)32-16-18(14-27-32)17-6-2-1-3-7-17/h1-4,6-8,10-11,13-16,20H,5,9,12H2/t20-/m0/s1. The van der Waals surface area contributed by atoms with Crippen LogP contribution in [0.3, 0.4) is 0 Å². The molecular formula is C24H20FN7. The summed E-state index contributed by atoms with van der Waals surface area (Å²) in [5.41, 5.74) is 4.07. The summed E-state index contributed by atoms with van der Waals surface area (Å²) in [4.78, 5) is 11.3. The Balaban J connectivity index is 1.38. The van der Waals surface area contributed by atoms with E-state index in [1.54, 1.807) is 27.7 Å². The van der Waals surface area contributed by atoms with Crippen LogP contribution in [0.15, 0.2) is 79.5 Å². The van der Waals surface area contributed by atoms with Gasteiger partial charge in [-0.2, -0.15) is 10.2 Å². The second-order valence-electron chi connectivity index (χ2n) is 7.85. The van der Waals surface area contributed by atoms with Crippen molar-refractivity contribution in [1.29, 1.82) is 0 Å². The van der Waals surface area contributed by atoms with E-state index >= 15 is 0 Å². The number of pyridine rings is 1. The highest BCUT2D eigenvalue weighted by molar-refractivity contribution is 5.65. The van der Waals surface area contributed by atoms with Gasteiger partial charge < -0.3 is 4.90 Å². The molecule has 0 N–H and O–H groups in total. The molecule has 0 bridgehead atoms. The highest BCUT2D eigenvalue weighted by atomic mass is 19.1. The number of anilines is 1. The second kappa shape index (κ2) is 7.56. The van der Waals surface area contributed by atoms with Gasteiger partial charge >= 0.3 is 0 Å². The van der Waals surface area contributed by atoms with Crippen molar-refractivity contribution >= 4 is 11.5 Å². The van der Waals surface area contributed by atoms with Crippen molar-refractivity contribution in [3.8, 4) is 16.8 Å². The summed E-state index contributed by atoms with van der Waals surface area (Å²) < 4.78 is 18.0. The average Bonchev–Trinajstić information content (AvgIpc) is 3.58. The van der Waals surface area contributed by atoms with E-state index in [1.807, 2.05) is 42.9 Å². The summed E-state index contributed by atoms with van der Waals surface area (Å²) in [6.45, 7) is 0.799. The first kappa shape index (κ1) is 18.7. The fourth-order valence-electron chi connectivity index (χ4n) is 4.37. The lowest BCUT2D eigenvalue weighted by Gasteiger charge is -2.25. The van der Waals surface area contributed by atoms with E-state index in [-0.39, 0.29) is 11.9 Å². The minimum atomic E-state index is -0.277. The average molecular weight is 425 g/mol. The van der Waals surface area contributed by atoms with Gasteiger partial charge in [0, 0.05) is 30.7 Å². The van der Waals surface area contributed by atoms with Gasteiger partial charge in [-0.3, -0.25) is 4.98 Å². The van der Waals surface area contributed by atoms with Gasteiger partial charge in [-0.15, -0.1) is 0 Å². The SMILES string of the molecule is Fc1cccnc1[C@@H]1CCCN1c1ccn2ncc(-n3cc(-c4ccccc4)cn3)c2n1. The zero-order valence-corrected chi connectivity index (χ0v) is 17.2. The molecule has 1 aliphatic rings. The molecule has 1 fully saturated rings. The molecular weight excluding hydrogens is 405 g/mol. The van der Waals surface area contributed by atoms with Crippen LogP contribution in [0.25, 0.3) is 22.5 Å². The molecule has 1 aromatic carbocycles. The molecule has 158 valence electrons. The Labute approximate surface area is 183 Å². The number of aromatic nitrogens is 6. The van der Waals surface area contributed by atoms with Crippen LogP contribution in [0.1, 0.15) is 24.6 Å². The van der Waals surface area contributed by atoms with E-state index in [4.69, 9.17) is 4.98 Å². The number of hydrogen-bond acceptors (Lipinski definition) is 5. The number of halogens is 1. The first-order chi connectivity index (χ1) is 15.8. The lowest BCUT2D eigenvalue weighted by Crippen LogP contribution is -2.25. The molecule has 4 aromatic heterocycles. The Kier molecular flexibility index (Phi) is 4.41. The van der Waals surface area contributed by atoms with Crippen LogP contribution in [0.4, 0.5) is 10.2 Å². The number of benzene rings is 1. The summed E-state index contributed by atoms with van der Waals surface area (Å²) >= 11 is 0. The highest BCUT2D eigenvalue weighted by Crippen LogP contribution is 2.35. The Morgan fingerprint density at radius 3 is 2.72 bits per heavy atom. The van der Waals surface area contributed by atoms with Gasteiger partial charge in [0.2, 0.25) is 0 Å². The van der Waals surface area contributed by atoms with Crippen molar-refractivity contribution in [3.63, 3.8) is 0 Å². The second-order valence-corrected chi connectivity index (χ2v) is 7.85. The van der Waals surface area contributed by atoms with Crippen molar-refractivity contribution in [3.05, 3.63) is 91.0 Å². The lowest BCUT2D eigenvalue weighted by molar-refractivity contribution is 0.562. The summed E-state index contributed by atoms with van der Waals surface area (Å²) in [5, 5.41) is 8.98. The van der Waals surface area contributed by atoms with Crippen LogP contribution in [-0.2, 0) is 0 Å². The quantitative estimate of drug-likeness (QED) is 0.425. The number of fused-ring (bicyclic) bond motifs is 1. The van der Waals surface area contributed by atoms with Gasteiger partial charge in [0.1, 0.15) is 17.3 Å². The molecule has 8 heteroatoms. The maximum atomic E-state index is 14.4. The maximum absolute atomic E-state index is 14.4. The van der Waals surface area contributed by atoms with Crippen LogP contribution in [0.5, 0.6) is 0 Å². The number of nitrogens with zero attached hydrogens (tertiary/aromatic N) is 7. The molecule has 0 radical (unpaired) electrons. The van der Waals surface area contributed by atoms with Crippen molar-refractivity contribution in [1.82, 2.24) is 29.4 Å². The molecule has 1 aliphatic heterocycles. The Morgan fingerprint density at radius 1 is 0.938 bits per heavy atom. The molecule has 0 saturated carbocycles. The fraction of sp³-hybridized carbons (Fsp3) is 0.167. The van der Waals surface area contributed by atoms with Gasteiger partial charge in [0.25, 0.3) is 0 Å². The molecule has 5 aromatic rings. The predicted molar refractivity (Wildman–Crippen MR) is 119 cm³/mol. The van der Waals surface area contributed by atoms with Crippen LogP contribution in [0.2, 0.25) is 0 Å². The summed E-state index contributed by atoms with van der Waals surface area (Å²) in [7, 11) is 0. The normalized spacial score (nSPS) is 16.2. The topological polar surface area (TPSA) is 64.1 Å². The molecule has 0 unspecified atom stereocenters. The molecule has 32 heavy (non-hydrogen) atoms. The smallest absolute Gasteiger partial charge is 0.183 e. The van der Waals surface area contributed by atoms with Gasteiger partial charge in [0.05, 0.1) is 24.1 Å². The van der Waals surface area contributed by atoms with Crippen molar-refractivity contribution in [2.75, 3.05) is 11.4 Å². The molecule has 0 amide bonds. The Hall–Kier alpha value is -4.07. The molecule has 0 spiro atoms. The van der Waals surface area contributed by atoms with Crippen LogP contribution >= 0.6 is 0 Å². The maximum Gasteiger partial charge on any atom is 0.183 e. The summed E-state index contributed by atoms with van der Waals surface area (Å²) in [6, 6.07) is 15.0. The zero-order valence-electron chi connectivity index (χ0n) is 17.2. The molecule has 0 aliphatic carbocycles. The molecule has 1 atom stereocenters. The van der Waals surface area contributed by atoms with Crippen molar-refractivity contribution in [2.24, 2.45) is 0 Å². The van der Waals surface area contributed by atoms with Crippen LogP contribution in [0, 0.1) is 5.82 Å². The third-order valence-corrected chi connectivity index (χ3v) is 5.92. The van der Waals surface area contributed by atoms with E-state index in [1.165, 1.54) is 6.07 Å². The summed E-state index contributed by atoms with van der Waals surface area (Å²) in [6.07, 6.45) is 10.9. The monoisotopic (exact) mass is 425 g/mol. The first-order valence-corrected chi connectivity index (χ1v) is 10.6. The first-order valence-electron chi connectivity index (χ1n) is 10.6. The van der Waals surface area contributed by atoms with Gasteiger partial charge in [-0.25, -0.2) is 18.6 Å². The molecule has 6 rings (SSSR count). The van der Waals surface area contributed by atoms with Gasteiger partial charge in [-0.1, -0.05) is 30.3 Å². The fourth-order valence-corrected chi connectivity index (χ4v) is 4.37. The predicted octanol–water partition coefficient (Wildman–Crippen LogP) is 4.46. The number of rotatable bonds is 4. The third-order valence-electron chi connectivity index (χ3n) is 5.92. The summed E-state index contributed by atoms with van der Waals surface area (Å²) in [5.74, 6) is 0.503. The van der Waals surface area contributed by atoms with E-state index in [2.05, 4.69) is 32.2 Å². The minimum absolute atomic E-state index is 0.132. The number of hydrogen-bond donors (Lipinski definition) is 0. The van der Waals surface area contributed by atoms with Crippen molar-refractivity contribution in [2.45, 2.75) is 18.9 Å². The van der Waals surface area contributed by atoms with E-state index in [0.717, 1.165) is 42.0 Å². The van der Waals surface area contributed by atoms with E-state index < -0.39 is 0 Å². The molecule has 5 heterocycles. The molecule has 1 saturated heterocycles. The van der Waals surface area contributed by atoms with Crippen molar-refractivity contribution < 1.29 is 4.39 Å². The van der Waals surface area contributed by atoms with Gasteiger partial charge in [0.15, 0.2) is 5.65 Å². The molecule has 7 nitrogen and oxygen atoms in total.